The lowest BCUT2D eigenvalue weighted by atomic mass is 9.77. The number of nitrogens with zero attached hydrogens (tertiary/aromatic N) is 4. The Balaban J connectivity index is 1.12. The van der Waals surface area contributed by atoms with E-state index in [-0.39, 0.29) is 22.9 Å². The first-order valence-electron chi connectivity index (χ1n) is 17.4. The molecule has 14 nitrogen and oxygen atoms in total. The number of anilines is 4. The molecule has 0 unspecified atom stereocenters. The third-order valence-corrected chi connectivity index (χ3v) is 9.73. The third-order valence-electron chi connectivity index (χ3n) is 9.73. The summed E-state index contributed by atoms with van der Waals surface area (Å²) >= 11 is 0. The number of hydrogen-bond acceptors (Lipinski definition) is 10. The molecule has 0 aromatic heterocycles. The Bertz CT molecular complexity index is 2370. The molecule has 0 bridgehead atoms. The zero-order valence-corrected chi connectivity index (χ0v) is 30.1. The zero-order valence-electron chi connectivity index (χ0n) is 30.1. The SMILES string of the molecule is CC(C)(c1ccc(Oc2ccc(N3C(=O)C=CC3=O)cc2)c(N2C(=O)C=CC2=O)c1)c1ccc(Oc2ccc(N3C(=O)C=CC3=O)cc2)c(N2C(=O)C=CC2=O)c1. The van der Waals surface area contributed by atoms with Gasteiger partial charge in [0.1, 0.15) is 11.5 Å². The molecule has 8 amide bonds. The van der Waals surface area contributed by atoms with Crippen molar-refractivity contribution in [2.24, 2.45) is 0 Å². The van der Waals surface area contributed by atoms with Crippen molar-refractivity contribution in [3.05, 3.63) is 145 Å². The van der Waals surface area contributed by atoms with E-state index in [9.17, 15) is 38.4 Å². The second-order valence-electron chi connectivity index (χ2n) is 13.6. The fraction of sp³-hybridized carbons (Fsp3) is 0.0698. The van der Waals surface area contributed by atoms with Crippen molar-refractivity contribution >= 4 is 70.0 Å². The summed E-state index contributed by atoms with van der Waals surface area (Å²) in [5.74, 6) is -3.32. The highest BCUT2D eigenvalue weighted by Crippen LogP contribution is 2.44. The smallest absolute Gasteiger partial charge is 0.258 e. The minimum Gasteiger partial charge on any atom is -0.455 e. The second-order valence-corrected chi connectivity index (χ2v) is 13.6. The molecule has 57 heavy (non-hydrogen) atoms. The maximum atomic E-state index is 13.0. The summed E-state index contributed by atoms with van der Waals surface area (Å²) in [4.78, 5) is 105. The van der Waals surface area contributed by atoms with Crippen LogP contribution in [0.3, 0.4) is 0 Å². The number of ether oxygens (including phenoxy) is 2. The van der Waals surface area contributed by atoms with Gasteiger partial charge in [0.05, 0.1) is 22.7 Å². The van der Waals surface area contributed by atoms with Crippen molar-refractivity contribution in [1.82, 2.24) is 0 Å². The van der Waals surface area contributed by atoms with Crippen LogP contribution in [0.4, 0.5) is 22.7 Å². The van der Waals surface area contributed by atoms with E-state index >= 15 is 0 Å². The topological polar surface area (TPSA) is 168 Å². The lowest BCUT2D eigenvalue weighted by Gasteiger charge is -2.30. The van der Waals surface area contributed by atoms with Crippen molar-refractivity contribution in [1.29, 1.82) is 0 Å². The fourth-order valence-electron chi connectivity index (χ4n) is 6.67. The molecule has 8 rings (SSSR count). The van der Waals surface area contributed by atoms with Gasteiger partial charge < -0.3 is 9.47 Å². The van der Waals surface area contributed by atoms with Gasteiger partial charge >= 0.3 is 0 Å². The number of carbonyl (C=O) groups excluding carboxylic acids is 8. The van der Waals surface area contributed by atoms with Crippen LogP contribution < -0.4 is 29.1 Å². The normalized spacial score (nSPS) is 16.5. The van der Waals surface area contributed by atoms with E-state index in [1.165, 1.54) is 48.6 Å². The minimum absolute atomic E-state index is 0.143. The van der Waals surface area contributed by atoms with Crippen LogP contribution >= 0.6 is 0 Å². The molecule has 0 fully saturated rings. The molecule has 0 saturated carbocycles. The molecule has 0 atom stereocenters. The molecular weight excluding hydrogens is 732 g/mol. The number of hydrogen-bond donors (Lipinski definition) is 0. The highest BCUT2D eigenvalue weighted by Gasteiger charge is 2.34. The first-order chi connectivity index (χ1) is 27.3. The van der Waals surface area contributed by atoms with Crippen molar-refractivity contribution in [2.75, 3.05) is 19.6 Å². The quantitative estimate of drug-likeness (QED) is 0.193. The van der Waals surface area contributed by atoms with E-state index in [1.807, 2.05) is 13.8 Å². The molecule has 4 aromatic carbocycles. The maximum absolute atomic E-state index is 13.0. The number of carbonyl (C=O) groups is 8. The standard InChI is InChI=1S/C43H28N4O10/c1-43(2,25-3-13-33(31(23-25)46-39(52)19-20-40(46)53)56-29-9-5-27(6-10-29)44-35(48)15-16-36(44)49)26-4-14-34(32(24-26)47-41(54)21-22-42(47)55)57-30-11-7-28(8-12-30)45-37(50)17-18-38(45)51/h3-24H,1-2H3. The van der Waals surface area contributed by atoms with E-state index in [0.29, 0.717) is 34.0 Å². The van der Waals surface area contributed by atoms with Gasteiger partial charge in [-0.1, -0.05) is 26.0 Å². The van der Waals surface area contributed by atoms with Gasteiger partial charge in [0.25, 0.3) is 47.3 Å². The van der Waals surface area contributed by atoms with Gasteiger partial charge in [0.2, 0.25) is 0 Å². The molecule has 4 aliphatic heterocycles. The summed E-state index contributed by atoms with van der Waals surface area (Å²) in [6.45, 7) is 3.76. The predicted octanol–water partition coefficient (Wildman–Crippen LogP) is 5.31. The summed E-state index contributed by atoms with van der Waals surface area (Å²) in [5, 5.41) is 0. The lowest BCUT2D eigenvalue weighted by Crippen LogP contribution is -2.31. The van der Waals surface area contributed by atoms with Gasteiger partial charge in [-0.05, 0) is 83.9 Å². The molecular formula is C43H28N4O10. The Morgan fingerprint density at radius 1 is 0.368 bits per heavy atom. The Morgan fingerprint density at radius 3 is 0.947 bits per heavy atom. The molecule has 14 heteroatoms. The Labute approximate surface area is 323 Å². The van der Waals surface area contributed by atoms with Crippen LogP contribution in [0.15, 0.2) is 134 Å². The van der Waals surface area contributed by atoms with E-state index in [1.54, 1.807) is 60.7 Å². The second kappa shape index (κ2) is 13.7. The van der Waals surface area contributed by atoms with Gasteiger partial charge in [-0.15, -0.1) is 0 Å². The number of imide groups is 4. The summed E-state index contributed by atoms with van der Waals surface area (Å²) < 4.78 is 12.3. The van der Waals surface area contributed by atoms with Crippen LogP contribution in [0.2, 0.25) is 0 Å². The van der Waals surface area contributed by atoms with Crippen molar-refractivity contribution < 1.29 is 47.8 Å². The zero-order chi connectivity index (χ0) is 40.2. The predicted molar refractivity (Wildman–Crippen MR) is 205 cm³/mol. The molecule has 0 saturated heterocycles. The molecule has 4 aromatic rings. The molecule has 280 valence electrons. The number of amides is 8. The van der Waals surface area contributed by atoms with Gasteiger partial charge in [-0.3, -0.25) is 38.4 Å². The molecule has 4 aliphatic rings. The van der Waals surface area contributed by atoms with Crippen LogP contribution in [0.1, 0.15) is 25.0 Å². The summed E-state index contributed by atoms with van der Waals surface area (Å²) in [6.07, 6.45) is 9.30. The lowest BCUT2D eigenvalue weighted by molar-refractivity contribution is -0.121. The van der Waals surface area contributed by atoms with Crippen LogP contribution in [-0.4, -0.2) is 47.3 Å². The van der Waals surface area contributed by atoms with Gasteiger partial charge in [0.15, 0.2) is 11.5 Å². The third kappa shape index (κ3) is 6.40. The van der Waals surface area contributed by atoms with Gasteiger partial charge in [-0.2, -0.15) is 0 Å². The van der Waals surface area contributed by atoms with Crippen molar-refractivity contribution in [3.63, 3.8) is 0 Å². The van der Waals surface area contributed by atoms with E-state index in [4.69, 9.17) is 9.47 Å². The highest BCUT2D eigenvalue weighted by molar-refractivity contribution is 6.30. The first-order valence-corrected chi connectivity index (χ1v) is 17.4. The largest absolute Gasteiger partial charge is 0.455 e. The molecule has 0 spiro atoms. The van der Waals surface area contributed by atoms with Crippen molar-refractivity contribution in [3.8, 4) is 23.0 Å². The van der Waals surface area contributed by atoms with Crippen LogP contribution in [0.25, 0.3) is 0 Å². The minimum atomic E-state index is -0.895. The van der Waals surface area contributed by atoms with Gasteiger partial charge in [0, 0.05) is 54.0 Å². The fourth-order valence-corrected chi connectivity index (χ4v) is 6.67. The summed E-state index contributed by atoms with van der Waals surface area (Å²) in [5.41, 5.74) is 1.31. The summed E-state index contributed by atoms with van der Waals surface area (Å²) in [6, 6.07) is 22.3. The van der Waals surface area contributed by atoms with Gasteiger partial charge in [-0.25, -0.2) is 19.6 Å². The Morgan fingerprint density at radius 2 is 0.649 bits per heavy atom. The Kier molecular flexibility index (Phi) is 8.65. The van der Waals surface area contributed by atoms with Crippen LogP contribution in [0, 0.1) is 0 Å². The molecule has 0 aliphatic carbocycles. The van der Waals surface area contributed by atoms with E-state index < -0.39 is 52.7 Å². The van der Waals surface area contributed by atoms with E-state index in [2.05, 4.69) is 0 Å². The van der Waals surface area contributed by atoms with E-state index in [0.717, 1.165) is 43.9 Å². The molecule has 0 radical (unpaired) electrons. The monoisotopic (exact) mass is 760 g/mol. The first kappa shape index (κ1) is 36.0. The highest BCUT2D eigenvalue weighted by atomic mass is 16.5. The summed E-state index contributed by atoms with van der Waals surface area (Å²) in [7, 11) is 0. The van der Waals surface area contributed by atoms with Crippen LogP contribution in [0.5, 0.6) is 23.0 Å². The van der Waals surface area contributed by atoms with Crippen LogP contribution in [-0.2, 0) is 43.8 Å². The number of benzene rings is 4. The number of rotatable bonds is 10. The average molecular weight is 761 g/mol. The Hall–Kier alpha value is -8.00. The van der Waals surface area contributed by atoms with Crippen molar-refractivity contribution in [2.45, 2.75) is 19.3 Å². The molecule has 4 heterocycles. The molecule has 0 N–H and O–H groups in total. The maximum Gasteiger partial charge on any atom is 0.258 e. The average Bonchev–Trinajstić information content (AvgIpc) is 3.93.